The van der Waals surface area contributed by atoms with Crippen LogP contribution in [-0.2, 0) is 0 Å². The number of rotatable bonds is 5. The van der Waals surface area contributed by atoms with Crippen LogP contribution >= 0.6 is 0 Å². The second-order valence-electron chi connectivity index (χ2n) is 5.85. The van der Waals surface area contributed by atoms with Crippen molar-refractivity contribution in [2.75, 3.05) is 37.0 Å². The van der Waals surface area contributed by atoms with Crippen LogP contribution < -0.4 is 15.0 Å². The highest BCUT2D eigenvalue weighted by atomic mass is 16.5. The van der Waals surface area contributed by atoms with Crippen molar-refractivity contribution in [1.29, 1.82) is 0 Å². The lowest BCUT2D eigenvalue weighted by Gasteiger charge is -2.22. The SMILES string of the molecule is CCOc1nc(NC)nc(N2CCCC(C(C)C)CC2)n1. The molecule has 1 N–H and O–H groups in total. The van der Waals surface area contributed by atoms with E-state index in [9.17, 15) is 0 Å². The highest BCUT2D eigenvalue weighted by Gasteiger charge is 2.22. The van der Waals surface area contributed by atoms with Crippen LogP contribution in [0.15, 0.2) is 0 Å². The average molecular weight is 293 g/mol. The predicted octanol–water partition coefficient (Wildman–Crippen LogP) is 2.57. The average Bonchev–Trinajstić information content (AvgIpc) is 2.73. The molecule has 118 valence electrons. The molecule has 1 atom stereocenters. The van der Waals surface area contributed by atoms with Gasteiger partial charge < -0.3 is 15.0 Å². The van der Waals surface area contributed by atoms with Gasteiger partial charge in [-0.15, -0.1) is 0 Å². The van der Waals surface area contributed by atoms with Crippen LogP contribution in [0.25, 0.3) is 0 Å². The smallest absolute Gasteiger partial charge is 0.323 e. The van der Waals surface area contributed by atoms with Crippen molar-refractivity contribution in [3.63, 3.8) is 0 Å². The fourth-order valence-corrected chi connectivity index (χ4v) is 2.78. The second kappa shape index (κ2) is 7.43. The summed E-state index contributed by atoms with van der Waals surface area (Å²) in [5, 5.41) is 2.98. The maximum Gasteiger partial charge on any atom is 0.323 e. The highest BCUT2D eigenvalue weighted by molar-refractivity contribution is 5.38. The summed E-state index contributed by atoms with van der Waals surface area (Å²) in [5.41, 5.74) is 0. The van der Waals surface area contributed by atoms with Gasteiger partial charge in [0.25, 0.3) is 0 Å². The Morgan fingerprint density at radius 2 is 2.05 bits per heavy atom. The van der Waals surface area contributed by atoms with E-state index < -0.39 is 0 Å². The summed E-state index contributed by atoms with van der Waals surface area (Å²) in [5.74, 6) is 2.83. The van der Waals surface area contributed by atoms with Crippen molar-refractivity contribution >= 4 is 11.9 Å². The van der Waals surface area contributed by atoms with Crippen molar-refractivity contribution in [3.05, 3.63) is 0 Å². The lowest BCUT2D eigenvalue weighted by Crippen LogP contribution is -2.27. The number of aromatic nitrogens is 3. The second-order valence-corrected chi connectivity index (χ2v) is 5.85. The number of anilines is 2. The molecule has 0 saturated carbocycles. The van der Waals surface area contributed by atoms with E-state index in [0.717, 1.165) is 30.9 Å². The molecule has 0 aromatic carbocycles. The van der Waals surface area contributed by atoms with Crippen molar-refractivity contribution < 1.29 is 4.74 Å². The molecule has 1 saturated heterocycles. The van der Waals surface area contributed by atoms with Crippen molar-refractivity contribution in [2.24, 2.45) is 11.8 Å². The number of hydrogen-bond donors (Lipinski definition) is 1. The lowest BCUT2D eigenvalue weighted by atomic mass is 9.89. The topological polar surface area (TPSA) is 63.2 Å². The van der Waals surface area contributed by atoms with Crippen molar-refractivity contribution in [2.45, 2.75) is 40.0 Å². The van der Waals surface area contributed by atoms with Gasteiger partial charge in [-0.05, 0) is 38.0 Å². The third-order valence-corrected chi connectivity index (χ3v) is 4.10. The largest absolute Gasteiger partial charge is 0.464 e. The van der Waals surface area contributed by atoms with Crippen molar-refractivity contribution in [3.8, 4) is 6.01 Å². The van der Waals surface area contributed by atoms with Crippen LogP contribution in [-0.4, -0.2) is 41.7 Å². The zero-order valence-electron chi connectivity index (χ0n) is 13.6. The molecular weight excluding hydrogens is 266 g/mol. The Morgan fingerprint density at radius 3 is 2.71 bits per heavy atom. The molecule has 6 nitrogen and oxygen atoms in total. The van der Waals surface area contributed by atoms with Gasteiger partial charge in [0, 0.05) is 20.1 Å². The first-order valence-electron chi connectivity index (χ1n) is 7.95. The van der Waals surface area contributed by atoms with Crippen LogP contribution in [0.5, 0.6) is 6.01 Å². The van der Waals surface area contributed by atoms with E-state index in [0.29, 0.717) is 18.6 Å². The van der Waals surface area contributed by atoms with E-state index in [-0.39, 0.29) is 0 Å². The summed E-state index contributed by atoms with van der Waals surface area (Å²) in [7, 11) is 1.81. The van der Waals surface area contributed by atoms with Gasteiger partial charge in [0.1, 0.15) is 0 Å². The first-order chi connectivity index (χ1) is 10.1. The number of nitrogens with one attached hydrogen (secondary N) is 1. The molecule has 1 aliphatic rings. The van der Waals surface area contributed by atoms with E-state index in [1.54, 1.807) is 0 Å². The van der Waals surface area contributed by atoms with Gasteiger partial charge in [-0.1, -0.05) is 13.8 Å². The third kappa shape index (κ3) is 4.19. The molecule has 0 spiro atoms. The molecule has 6 heteroatoms. The number of ether oxygens (including phenoxy) is 1. The van der Waals surface area contributed by atoms with Crippen LogP contribution in [0.2, 0.25) is 0 Å². The van der Waals surface area contributed by atoms with Gasteiger partial charge in [-0.2, -0.15) is 15.0 Å². The zero-order valence-corrected chi connectivity index (χ0v) is 13.6. The fourth-order valence-electron chi connectivity index (χ4n) is 2.78. The molecule has 1 aromatic heterocycles. The zero-order chi connectivity index (χ0) is 15.2. The molecule has 1 fully saturated rings. The van der Waals surface area contributed by atoms with Gasteiger partial charge in [-0.25, -0.2) is 0 Å². The summed E-state index contributed by atoms with van der Waals surface area (Å²) in [6, 6.07) is 0.400. The molecule has 0 amide bonds. The summed E-state index contributed by atoms with van der Waals surface area (Å²) >= 11 is 0. The van der Waals surface area contributed by atoms with Gasteiger partial charge in [0.15, 0.2) is 0 Å². The first kappa shape index (κ1) is 15.8. The van der Waals surface area contributed by atoms with Crippen LogP contribution in [0.1, 0.15) is 40.0 Å². The quantitative estimate of drug-likeness (QED) is 0.900. The van der Waals surface area contributed by atoms with E-state index in [1.807, 2.05) is 14.0 Å². The Labute approximate surface area is 127 Å². The molecule has 1 aliphatic heterocycles. The molecule has 0 bridgehead atoms. The lowest BCUT2D eigenvalue weighted by molar-refractivity contribution is 0.312. The van der Waals surface area contributed by atoms with Gasteiger partial charge in [0.2, 0.25) is 11.9 Å². The van der Waals surface area contributed by atoms with Gasteiger partial charge in [-0.3, -0.25) is 0 Å². The molecule has 2 heterocycles. The summed E-state index contributed by atoms with van der Waals surface area (Å²) in [6.45, 7) is 9.12. The van der Waals surface area contributed by atoms with Gasteiger partial charge >= 0.3 is 6.01 Å². The Bertz CT molecular complexity index is 452. The van der Waals surface area contributed by atoms with Crippen LogP contribution in [0, 0.1) is 11.8 Å². The molecule has 2 rings (SSSR count). The van der Waals surface area contributed by atoms with E-state index in [4.69, 9.17) is 4.74 Å². The summed E-state index contributed by atoms with van der Waals surface area (Å²) in [6.07, 6.45) is 3.67. The molecule has 1 aromatic rings. The number of hydrogen-bond acceptors (Lipinski definition) is 6. The monoisotopic (exact) mass is 293 g/mol. The van der Waals surface area contributed by atoms with E-state index in [2.05, 4.69) is 39.0 Å². The van der Waals surface area contributed by atoms with Crippen LogP contribution in [0.4, 0.5) is 11.9 Å². The van der Waals surface area contributed by atoms with Crippen molar-refractivity contribution in [1.82, 2.24) is 15.0 Å². The minimum absolute atomic E-state index is 0.400. The normalized spacial score (nSPS) is 19.5. The van der Waals surface area contributed by atoms with E-state index >= 15 is 0 Å². The fraction of sp³-hybridized carbons (Fsp3) is 0.800. The summed E-state index contributed by atoms with van der Waals surface area (Å²) in [4.78, 5) is 15.4. The molecular formula is C15H27N5O. The Morgan fingerprint density at radius 1 is 1.24 bits per heavy atom. The molecule has 0 radical (unpaired) electrons. The summed E-state index contributed by atoms with van der Waals surface area (Å²) < 4.78 is 5.44. The first-order valence-corrected chi connectivity index (χ1v) is 7.95. The van der Waals surface area contributed by atoms with Gasteiger partial charge in [0.05, 0.1) is 6.61 Å². The molecule has 21 heavy (non-hydrogen) atoms. The molecule has 1 unspecified atom stereocenters. The minimum Gasteiger partial charge on any atom is -0.464 e. The standard InChI is InChI=1S/C15H27N5O/c1-5-21-15-18-13(16-4)17-14(19-15)20-9-6-7-12(8-10-20)11(2)3/h11-12H,5-10H2,1-4H3,(H,16,17,18,19). The minimum atomic E-state index is 0.400. The Balaban J connectivity index is 2.14. The van der Waals surface area contributed by atoms with E-state index in [1.165, 1.54) is 19.3 Å². The predicted molar refractivity (Wildman–Crippen MR) is 84.9 cm³/mol. The van der Waals surface area contributed by atoms with Crippen LogP contribution in [0.3, 0.4) is 0 Å². The third-order valence-electron chi connectivity index (χ3n) is 4.10. The molecule has 0 aliphatic carbocycles. The Hall–Kier alpha value is -1.59. The maximum absolute atomic E-state index is 5.44. The number of nitrogens with zero attached hydrogens (tertiary/aromatic N) is 4. The highest BCUT2D eigenvalue weighted by Crippen LogP contribution is 2.26. The Kier molecular flexibility index (Phi) is 5.59. The maximum atomic E-state index is 5.44.